The normalized spacial score (nSPS) is 12.3. The Hall–Kier alpha value is -1.10. The summed E-state index contributed by atoms with van der Waals surface area (Å²) in [5.74, 6) is 0.137. The lowest BCUT2D eigenvalue weighted by Gasteiger charge is -2.24. The molecule has 1 unspecified atom stereocenters. The standard InChI is InChI=1S/C14H29N3O2/c1-5-7-16-13(18)10-17(8-6-2)14(19)9-12(15)11(3)4/h11-12H,5-10,15H2,1-4H3,(H,16,18). The van der Waals surface area contributed by atoms with Crippen LogP contribution in [0.2, 0.25) is 0 Å². The Kier molecular flexibility index (Phi) is 9.21. The highest BCUT2D eigenvalue weighted by Gasteiger charge is 2.20. The predicted octanol–water partition coefficient (Wildman–Crippen LogP) is 1.12. The van der Waals surface area contributed by atoms with Crippen LogP contribution in [0.25, 0.3) is 0 Å². The van der Waals surface area contributed by atoms with Gasteiger partial charge in [0.15, 0.2) is 0 Å². The van der Waals surface area contributed by atoms with Crippen LogP contribution in [0.3, 0.4) is 0 Å². The summed E-state index contributed by atoms with van der Waals surface area (Å²) in [6.45, 7) is 9.37. The third kappa shape index (κ3) is 7.82. The van der Waals surface area contributed by atoms with Crippen molar-refractivity contribution in [2.45, 2.75) is 53.0 Å². The van der Waals surface area contributed by atoms with Crippen LogP contribution in [0.5, 0.6) is 0 Å². The molecule has 0 fully saturated rings. The summed E-state index contributed by atoms with van der Waals surface area (Å²) in [5, 5.41) is 2.79. The minimum Gasteiger partial charge on any atom is -0.355 e. The lowest BCUT2D eigenvalue weighted by Crippen LogP contribution is -2.43. The van der Waals surface area contributed by atoms with E-state index in [1.165, 1.54) is 0 Å². The molecule has 0 radical (unpaired) electrons. The van der Waals surface area contributed by atoms with Gasteiger partial charge in [-0.05, 0) is 18.8 Å². The Morgan fingerprint density at radius 3 is 2.32 bits per heavy atom. The van der Waals surface area contributed by atoms with Crippen LogP contribution in [0.1, 0.15) is 47.0 Å². The van der Waals surface area contributed by atoms with Crippen molar-refractivity contribution in [1.82, 2.24) is 10.2 Å². The molecule has 0 saturated heterocycles. The van der Waals surface area contributed by atoms with E-state index in [0.717, 1.165) is 12.8 Å². The Bertz CT molecular complexity index is 280. The molecule has 0 rings (SSSR count). The van der Waals surface area contributed by atoms with Crippen LogP contribution in [0, 0.1) is 5.92 Å². The van der Waals surface area contributed by atoms with Crippen LogP contribution in [0.15, 0.2) is 0 Å². The summed E-state index contributed by atoms with van der Waals surface area (Å²) in [4.78, 5) is 25.4. The molecule has 0 aliphatic rings. The molecule has 0 aromatic heterocycles. The van der Waals surface area contributed by atoms with Crippen molar-refractivity contribution in [3.8, 4) is 0 Å². The number of rotatable bonds is 9. The van der Waals surface area contributed by atoms with E-state index in [1.54, 1.807) is 4.90 Å². The number of carbonyl (C=O) groups is 2. The van der Waals surface area contributed by atoms with Gasteiger partial charge in [0.25, 0.3) is 0 Å². The molecule has 0 aromatic rings. The number of amides is 2. The molecule has 5 heteroatoms. The first-order valence-corrected chi connectivity index (χ1v) is 7.22. The first kappa shape index (κ1) is 17.9. The summed E-state index contributed by atoms with van der Waals surface area (Å²) in [6, 6.07) is -0.148. The number of hydrogen-bond donors (Lipinski definition) is 2. The van der Waals surface area contributed by atoms with Crippen molar-refractivity contribution in [2.75, 3.05) is 19.6 Å². The van der Waals surface area contributed by atoms with E-state index in [2.05, 4.69) is 5.32 Å². The van der Waals surface area contributed by atoms with Gasteiger partial charge in [-0.1, -0.05) is 27.7 Å². The molecule has 0 spiro atoms. The largest absolute Gasteiger partial charge is 0.355 e. The van der Waals surface area contributed by atoms with Gasteiger partial charge in [0.2, 0.25) is 11.8 Å². The molecule has 0 bridgehead atoms. The van der Waals surface area contributed by atoms with Crippen LogP contribution < -0.4 is 11.1 Å². The fourth-order valence-electron chi connectivity index (χ4n) is 1.62. The molecule has 0 saturated carbocycles. The number of hydrogen-bond acceptors (Lipinski definition) is 3. The Labute approximate surface area is 116 Å². The van der Waals surface area contributed by atoms with Gasteiger partial charge in [-0.3, -0.25) is 9.59 Å². The van der Waals surface area contributed by atoms with E-state index >= 15 is 0 Å². The topological polar surface area (TPSA) is 75.4 Å². The highest BCUT2D eigenvalue weighted by molar-refractivity contribution is 5.85. The zero-order valence-corrected chi connectivity index (χ0v) is 12.7. The summed E-state index contributed by atoms with van der Waals surface area (Å²) >= 11 is 0. The van der Waals surface area contributed by atoms with E-state index in [9.17, 15) is 9.59 Å². The lowest BCUT2D eigenvalue weighted by atomic mass is 10.0. The van der Waals surface area contributed by atoms with E-state index in [4.69, 9.17) is 5.73 Å². The molecule has 0 heterocycles. The number of nitrogens with zero attached hydrogens (tertiary/aromatic N) is 1. The third-order valence-electron chi connectivity index (χ3n) is 3.02. The van der Waals surface area contributed by atoms with Crippen LogP contribution in [-0.2, 0) is 9.59 Å². The molecule has 5 nitrogen and oxygen atoms in total. The second-order valence-electron chi connectivity index (χ2n) is 5.28. The molecule has 2 amide bonds. The molecule has 0 aliphatic carbocycles. The first-order valence-electron chi connectivity index (χ1n) is 7.22. The molecule has 1 atom stereocenters. The fraction of sp³-hybridized carbons (Fsp3) is 0.857. The maximum Gasteiger partial charge on any atom is 0.239 e. The number of nitrogens with one attached hydrogen (secondary N) is 1. The van der Waals surface area contributed by atoms with Gasteiger partial charge in [0.1, 0.15) is 0 Å². The van der Waals surface area contributed by atoms with E-state index in [1.807, 2.05) is 27.7 Å². The smallest absolute Gasteiger partial charge is 0.239 e. The monoisotopic (exact) mass is 271 g/mol. The van der Waals surface area contributed by atoms with Crippen molar-refractivity contribution in [2.24, 2.45) is 11.7 Å². The Balaban J connectivity index is 4.37. The van der Waals surface area contributed by atoms with Crippen molar-refractivity contribution in [1.29, 1.82) is 0 Å². The minimum atomic E-state index is -0.148. The van der Waals surface area contributed by atoms with Crippen LogP contribution in [-0.4, -0.2) is 42.4 Å². The van der Waals surface area contributed by atoms with Gasteiger partial charge >= 0.3 is 0 Å². The molecule has 0 aromatic carbocycles. The van der Waals surface area contributed by atoms with Gasteiger partial charge in [-0.25, -0.2) is 0 Å². The fourth-order valence-corrected chi connectivity index (χ4v) is 1.62. The van der Waals surface area contributed by atoms with Gasteiger partial charge in [-0.15, -0.1) is 0 Å². The van der Waals surface area contributed by atoms with Crippen molar-refractivity contribution < 1.29 is 9.59 Å². The second-order valence-corrected chi connectivity index (χ2v) is 5.28. The number of carbonyl (C=O) groups excluding carboxylic acids is 2. The average molecular weight is 271 g/mol. The predicted molar refractivity (Wildman–Crippen MR) is 77.6 cm³/mol. The van der Waals surface area contributed by atoms with Gasteiger partial charge in [0, 0.05) is 25.6 Å². The summed E-state index contributed by atoms with van der Waals surface area (Å²) in [6.07, 6.45) is 2.04. The second kappa shape index (κ2) is 9.78. The first-order chi connectivity index (χ1) is 8.92. The van der Waals surface area contributed by atoms with E-state index in [-0.39, 0.29) is 30.3 Å². The maximum absolute atomic E-state index is 12.1. The SMILES string of the molecule is CCCNC(=O)CN(CCC)C(=O)CC(N)C(C)C. The third-order valence-corrected chi connectivity index (χ3v) is 3.02. The minimum absolute atomic E-state index is 0.0327. The van der Waals surface area contributed by atoms with Crippen molar-refractivity contribution >= 4 is 11.8 Å². The summed E-state index contributed by atoms with van der Waals surface area (Å²) < 4.78 is 0. The zero-order valence-electron chi connectivity index (χ0n) is 12.7. The van der Waals surface area contributed by atoms with Crippen LogP contribution >= 0.6 is 0 Å². The quantitative estimate of drug-likeness (QED) is 0.660. The van der Waals surface area contributed by atoms with E-state index < -0.39 is 0 Å². The maximum atomic E-state index is 12.1. The molecular weight excluding hydrogens is 242 g/mol. The highest BCUT2D eigenvalue weighted by atomic mass is 16.2. The van der Waals surface area contributed by atoms with Gasteiger partial charge in [0.05, 0.1) is 6.54 Å². The van der Waals surface area contributed by atoms with E-state index in [0.29, 0.717) is 19.5 Å². The molecular formula is C14H29N3O2. The molecule has 0 aliphatic heterocycles. The van der Waals surface area contributed by atoms with Gasteiger partial charge < -0.3 is 16.0 Å². The lowest BCUT2D eigenvalue weighted by molar-refractivity contribution is -0.136. The molecule has 3 N–H and O–H groups in total. The summed E-state index contributed by atoms with van der Waals surface area (Å²) in [5.41, 5.74) is 5.91. The van der Waals surface area contributed by atoms with Gasteiger partial charge in [-0.2, -0.15) is 0 Å². The Morgan fingerprint density at radius 1 is 1.21 bits per heavy atom. The van der Waals surface area contributed by atoms with Crippen molar-refractivity contribution in [3.63, 3.8) is 0 Å². The summed E-state index contributed by atoms with van der Waals surface area (Å²) in [7, 11) is 0. The molecule has 19 heavy (non-hydrogen) atoms. The number of nitrogens with two attached hydrogens (primary N) is 1. The Morgan fingerprint density at radius 2 is 1.84 bits per heavy atom. The highest BCUT2D eigenvalue weighted by Crippen LogP contribution is 2.06. The average Bonchev–Trinajstić information content (AvgIpc) is 2.35. The van der Waals surface area contributed by atoms with Crippen molar-refractivity contribution in [3.05, 3.63) is 0 Å². The zero-order chi connectivity index (χ0) is 14.8. The molecule has 112 valence electrons. The van der Waals surface area contributed by atoms with Crippen LogP contribution in [0.4, 0.5) is 0 Å².